The van der Waals surface area contributed by atoms with Gasteiger partial charge in [0.05, 0.1) is 0 Å². The van der Waals surface area contributed by atoms with Gasteiger partial charge in [0.2, 0.25) is 5.91 Å². The average Bonchev–Trinajstić information content (AvgIpc) is 2.84. The predicted octanol–water partition coefficient (Wildman–Crippen LogP) is 5.19. The number of benzene rings is 2. The van der Waals surface area contributed by atoms with Gasteiger partial charge in [0.1, 0.15) is 0 Å². The molecule has 1 amide bonds. The highest BCUT2D eigenvalue weighted by molar-refractivity contribution is 5.87. The summed E-state index contributed by atoms with van der Waals surface area (Å²) >= 11 is 0. The normalized spacial score (nSPS) is 23.2. The molecule has 164 valence electrons. The van der Waals surface area contributed by atoms with Crippen molar-refractivity contribution in [2.75, 3.05) is 13.1 Å². The highest BCUT2D eigenvalue weighted by Gasteiger charge is 2.39. The van der Waals surface area contributed by atoms with Crippen LogP contribution in [0.25, 0.3) is 21.9 Å². The van der Waals surface area contributed by atoms with Crippen LogP contribution in [-0.4, -0.2) is 28.5 Å². The number of piperidine rings is 1. The second-order valence-electron chi connectivity index (χ2n) is 10.0. The van der Waals surface area contributed by atoms with E-state index in [1.165, 1.54) is 30.0 Å². The van der Waals surface area contributed by atoms with Crippen molar-refractivity contribution in [1.29, 1.82) is 0 Å². The summed E-state index contributed by atoms with van der Waals surface area (Å²) in [6.07, 6.45) is 6.79. The van der Waals surface area contributed by atoms with Gasteiger partial charge in [-0.1, -0.05) is 55.7 Å². The lowest BCUT2D eigenvalue weighted by atomic mass is 9.79. The molecule has 2 bridgehead atoms. The Bertz CT molecular complexity index is 1240. The van der Waals surface area contributed by atoms with Crippen molar-refractivity contribution in [3.05, 3.63) is 70.6 Å². The number of pyridine rings is 1. The maximum absolute atomic E-state index is 13.3. The van der Waals surface area contributed by atoms with E-state index in [1.54, 1.807) is 6.07 Å². The lowest BCUT2D eigenvalue weighted by molar-refractivity contribution is -0.139. The van der Waals surface area contributed by atoms with E-state index in [4.69, 9.17) is 0 Å². The summed E-state index contributed by atoms with van der Waals surface area (Å²) in [7, 11) is 0. The smallest absolute Gasteiger partial charge is 0.250 e. The first-order valence-corrected chi connectivity index (χ1v) is 12.2. The topological polar surface area (TPSA) is 42.3 Å². The second-order valence-corrected chi connectivity index (χ2v) is 10.0. The summed E-state index contributed by atoms with van der Waals surface area (Å²) in [5.41, 5.74) is 3.52. The molecule has 1 aliphatic carbocycles. The molecule has 3 heterocycles. The van der Waals surface area contributed by atoms with E-state index in [1.807, 2.05) is 10.6 Å². The average molecular weight is 427 g/mol. The molecule has 1 aromatic heterocycles. The van der Waals surface area contributed by atoms with E-state index < -0.39 is 0 Å². The molecule has 32 heavy (non-hydrogen) atoms. The van der Waals surface area contributed by atoms with E-state index in [0.29, 0.717) is 11.8 Å². The number of fused-ring (bicyclic) bond motifs is 5. The fourth-order valence-electron chi connectivity index (χ4n) is 6.40. The van der Waals surface area contributed by atoms with Crippen LogP contribution < -0.4 is 5.56 Å². The number of amides is 1. The molecule has 1 saturated carbocycles. The molecular weight excluding hydrogens is 396 g/mol. The molecule has 2 aliphatic heterocycles. The molecule has 0 radical (unpaired) electrons. The Labute approximate surface area is 188 Å². The second kappa shape index (κ2) is 7.91. The Morgan fingerprint density at radius 2 is 1.66 bits per heavy atom. The van der Waals surface area contributed by atoms with Gasteiger partial charge in [-0.3, -0.25) is 9.59 Å². The van der Waals surface area contributed by atoms with Crippen molar-refractivity contribution >= 4 is 16.7 Å². The van der Waals surface area contributed by atoms with Crippen LogP contribution in [0, 0.1) is 11.8 Å². The van der Waals surface area contributed by atoms with Gasteiger partial charge in [-0.25, -0.2) is 0 Å². The Kier molecular flexibility index (Phi) is 4.89. The zero-order chi connectivity index (χ0) is 21.7. The number of nitrogens with zero attached hydrogens (tertiary/aromatic N) is 2. The molecule has 0 N–H and O–H groups in total. The van der Waals surface area contributed by atoms with E-state index in [9.17, 15) is 9.59 Å². The van der Waals surface area contributed by atoms with Crippen molar-refractivity contribution in [2.45, 2.75) is 51.0 Å². The first-order valence-electron chi connectivity index (χ1n) is 12.2. The molecule has 6 rings (SSSR count). The molecule has 2 atom stereocenters. The summed E-state index contributed by atoms with van der Waals surface area (Å²) in [6, 6.07) is 18.7. The molecule has 0 spiro atoms. The van der Waals surface area contributed by atoms with Gasteiger partial charge in [-0.15, -0.1) is 0 Å². The predicted molar refractivity (Wildman–Crippen MR) is 128 cm³/mol. The monoisotopic (exact) mass is 426 g/mol. The maximum Gasteiger partial charge on any atom is 0.250 e. The molecule has 4 heteroatoms. The van der Waals surface area contributed by atoms with E-state index >= 15 is 0 Å². The number of hydrogen-bond donors (Lipinski definition) is 0. The van der Waals surface area contributed by atoms with Crippen LogP contribution in [0.3, 0.4) is 0 Å². The number of likely N-dealkylation sites (tertiary alicyclic amines) is 1. The highest BCUT2D eigenvalue weighted by atomic mass is 16.2. The number of rotatable bonds is 2. The largest absolute Gasteiger partial charge is 0.341 e. The Morgan fingerprint density at radius 3 is 2.50 bits per heavy atom. The molecule has 4 nitrogen and oxygen atoms in total. The molecule has 2 fully saturated rings. The summed E-state index contributed by atoms with van der Waals surface area (Å²) in [6.45, 7) is 2.27. The van der Waals surface area contributed by atoms with Gasteiger partial charge in [-0.2, -0.15) is 0 Å². The Balaban J connectivity index is 1.38. The number of carbonyl (C=O) groups is 1. The fourth-order valence-corrected chi connectivity index (χ4v) is 6.40. The maximum atomic E-state index is 13.3. The van der Waals surface area contributed by atoms with Crippen molar-refractivity contribution in [1.82, 2.24) is 9.47 Å². The van der Waals surface area contributed by atoms with Gasteiger partial charge >= 0.3 is 0 Å². The van der Waals surface area contributed by atoms with Crippen LogP contribution in [0.1, 0.15) is 50.1 Å². The minimum atomic E-state index is 0.0892. The molecule has 1 saturated heterocycles. The quantitative estimate of drug-likeness (QED) is 0.566. The van der Waals surface area contributed by atoms with Crippen LogP contribution in [0.5, 0.6) is 0 Å². The molecule has 2 aromatic carbocycles. The van der Waals surface area contributed by atoms with Gasteiger partial charge in [-0.05, 0) is 53.6 Å². The molecular formula is C28H30N2O2. The van der Waals surface area contributed by atoms with Crippen molar-refractivity contribution < 1.29 is 4.79 Å². The molecule has 2 unspecified atom stereocenters. The highest BCUT2D eigenvalue weighted by Crippen LogP contribution is 2.41. The number of hydrogen-bond acceptors (Lipinski definition) is 2. The van der Waals surface area contributed by atoms with Crippen LogP contribution >= 0.6 is 0 Å². The van der Waals surface area contributed by atoms with Crippen LogP contribution in [0.2, 0.25) is 0 Å². The van der Waals surface area contributed by atoms with E-state index in [-0.39, 0.29) is 17.4 Å². The lowest BCUT2D eigenvalue weighted by Crippen LogP contribution is -2.51. The zero-order valence-electron chi connectivity index (χ0n) is 18.5. The molecule has 3 aliphatic rings. The van der Waals surface area contributed by atoms with Crippen LogP contribution in [0.4, 0.5) is 0 Å². The van der Waals surface area contributed by atoms with Crippen molar-refractivity contribution in [3.63, 3.8) is 0 Å². The van der Waals surface area contributed by atoms with Gasteiger partial charge in [0, 0.05) is 48.8 Å². The first kappa shape index (κ1) is 19.8. The lowest BCUT2D eigenvalue weighted by Gasteiger charge is -2.44. The Morgan fingerprint density at radius 1 is 0.844 bits per heavy atom. The van der Waals surface area contributed by atoms with Crippen LogP contribution in [-0.2, 0) is 11.3 Å². The standard InChI is InChI=1S/C28H30N2O2/c31-26-13-12-25(23-11-10-20-6-4-5-9-22(20)15-23)27-24-14-19(17-30(26)27)16-29(18-24)28(32)21-7-2-1-3-8-21/h4-6,9-13,15,19,21,24H,1-3,7-8,14,16-18H2. The third-order valence-corrected chi connectivity index (χ3v) is 7.92. The summed E-state index contributed by atoms with van der Waals surface area (Å²) < 4.78 is 2.01. The number of aromatic nitrogens is 1. The fraction of sp³-hybridized carbons (Fsp3) is 0.429. The first-order chi connectivity index (χ1) is 15.7. The summed E-state index contributed by atoms with van der Waals surface area (Å²) in [5.74, 6) is 1.17. The zero-order valence-corrected chi connectivity index (χ0v) is 18.5. The van der Waals surface area contributed by atoms with Gasteiger partial charge in [0.25, 0.3) is 5.56 Å². The Hall–Kier alpha value is -2.88. The summed E-state index contributed by atoms with van der Waals surface area (Å²) in [5, 5.41) is 2.43. The van der Waals surface area contributed by atoms with Gasteiger partial charge < -0.3 is 9.47 Å². The minimum Gasteiger partial charge on any atom is -0.341 e. The molecule has 3 aromatic rings. The van der Waals surface area contributed by atoms with Crippen LogP contribution in [0.15, 0.2) is 59.4 Å². The SMILES string of the molecule is O=C(C1CCCCC1)N1CC2CC(C1)c1c(-c3ccc4ccccc4c3)ccc(=O)n1C2. The van der Waals surface area contributed by atoms with Crippen molar-refractivity contribution in [2.24, 2.45) is 11.8 Å². The third-order valence-electron chi connectivity index (χ3n) is 7.92. The van der Waals surface area contributed by atoms with E-state index in [2.05, 4.69) is 47.4 Å². The third kappa shape index (κ3) is 3.37. The summed E-state index contributed by atoms with van der Waals surface area (Å²) in [4.78, 5) is 28.3. The number of carbonyl (C=O) groups excluding carboxylic acids is 1. The minimum absolute atomic E-state index is 0.0892. The van der Waals surface area contributed by atoms with Gasteiger partial charge in [0.15, 0.2) is 0 Å². The van der Waals surface area contributed by atoms with Crippen molar-refractivity contribution in [3.8, 4) is 11.1 Å². The van der Waals surface area contributed by atoms with E-state index in [0.717, 1.165) is 55.7 Å².